The van der Waals surface area contributed by atoms with Crippen LogP contribution in [0, 0.1) is 18.7 Å². The fraction of sp³-hybridized carbons (Fsp3) is 0.400. The van der Waals surface area contributed by atoms with Crippen molar-refractivity contribution in [3.63, 3.8) is 0 Å². The number of carbonyl (C=O) groups is 2. The molecule has 1 fully saturated rings. The summed E-state index contributed by atoms with van der Waals surface area (Å²) in [5.74, 6) is -1.53. The molecule has 0 unspecified atom stereocenters. The number of esters is 1. The van der Waals surface area contributed by atoms with Gasteiger partial charge in [0.1, 0.15) is 11.9 Å². The maximum Gasteiger partial charge on any atom is 0.323 e. The van der Waals surface area contributed by atoms with Gasteiger partial charge < -0.3 is 10.1 Å². The van der Waals surface area contributed by atoms with Crippen molar-refractivity contribution in [1.82, 2.24) is 10.2 Å². The van der Waals surface area contributed by atoms with E-state index in [4.69, 9.17) is 4.74 Å². The van der Waals surface area contributed by atoms with Gasteiger partial charge in [0.15, 0.2) is 0 Å². The van der Waals surface area contributed by atoms with E-state index in [0.717, 1.165) is 4.88 Å². The molecule has 3 atom stereocenters. The van der Waals surface area contributed by atoms with Crippen LogP contribution in [0.15, 0.2) is 36.4 Å². The van der Waals surface area contributed by atoms with Crippen LogP contribution >= 0.6 is 11.3 Å². The summed E-state index contributed by atoms with van der Waals surface area (Å²) in [7, 11) is 3.05. The van der Waals surface area contributed by atoms with E-state index in [1.165, 1.54) is 18.1 Å². The largest absolute Gasteiger partial charge is 0.468 e. The third-order valence-corrected chi connectivity index (χ3v) is 6.06. The molecular formula is C20H23FN2O3S. The van der Waals surface area contributed by atoms with Crippen molar-refractivity contribution in [1.29, 1.82) is 0 Å². The highest BCUT2D eigenvalue weighted by atomic mass is 32.1. The first kappa shape index (κ1) is 19.5. The van der Waals surface area contributed by atoms with Gasteiger partial charge in [-0.1, -0.05) is 18.2 Å². The number of likely N-dealkylation sites (tertiary alicyclic amines) is 1. The smallest absolute Gasteiger partial charge is 0.323 e. The van der Waals surface area contributed by atoms with E-state index in [0.29, 0.717) is 12.1 Å². The molecule has 1 saturated heterocycles. The third-order valence-electron chi connectivity index (χ3n) is 5.06. The lowest BCUT2D eigenvalue weighted by molar-refractivity contribution is -0.145. The van der Waals surface area contributed by atoms with Crippen molar-refractivity contribution >= 4 is 23.2 Å². The summed E-state index contributed by atoms with van der Waals surface area (Å²) in [5.41, 5.74) is 0.415. The molecule has 1 N–H and O–H groups in total. The van der Waals surface area contributed by atoms with Crippen LogP contribution in [0.2, 0.25) is 0 Å². The van der Waals surface area contributed by atoms with Crippen LogP contribution in [-0.4, -0.2) is 37.0 Å². The van der Waals surface area contributed by atoms with Gasteiger partial charge in [-0.15, -0.1) is 11.3 Å². The molecule has 144 valence electrons. The van der Waals surface area contributed by atoms with Gasteiger partial charge in [0.2, 0.25) is 5.91 Å². The molecule has 0 bridgehead atoms. The predicted molar refractivity (Wildman–Crippen MR) is 102 cm³/mol. The Balaban J connectivity index is 1.84. The van der Waals surface area contributed by atoms with Crippen molar-refractivity contribution in [2.45, 2.75) is 32.0 Å². The van der Waals surface area contributed by atoms with Gasteiger partial charge in [0, 0.05) is 21.4 Å². The van der Waals surface area contributed by atoms with E-state index in [2.05, 4.69) is 5.32 Å². The zero-order valence-corrected chi connectivity index (χ0v) is 16.4. The van der Waals surface area contributed by atoms with E-state index in [1.807, 2.05) is 19.1 Å². The van der Waals surface area contributed by atoms with Crippen LogP contribution < -0.4 is 5.32 Å². The Kier molecular flexibility index (Phi) is 5.92. The van der Waals surface area contributed by atoms with Gasteiger partial charge in [-0.2, -0.15) is 0 Å². The van der Waals surface area contributed by atoms with Crippen molar-refractivity contribution in [3.05, 3.63) is 57.5 Å². The molecule has 0 aliphatic carbocycles. The number of thiophene rings is 1. The number of ether oxygens (including phenoxy) is 1. The Morgan fingerprint density at radius 1 is 1.30 bits per heavy atom. The minimum Gasteiger partial charge on any atom is -0.468 e. The molecular weight excluding hydrogens is 367 g/mol. The summed E-state index contributed by atoms with van der Waals surface area (Å²) < 4.78 is 19.3. The van der Waals surface area contributed by atoms with Crippen LogP contribution in [0.25, 0.3) is 0 Å². The highest BCUT2D eigenvalue weighted by molar-refractivity contribution is 7.11. The molecule has 0 spiro atoms. The van der Waals surface area contributed by atoms with Gasteiger partial charge in [-0.05, 0) is 38.6 Å². The average Bonchev–Trinajstić information content (AvgIpc) is 3.23. The predicted octanol–water partition coefficient (Wildman–Crippen LogP) is 3.05. The van der Waals surface area contributed by atoms with Crippen LogP contribution in [0.1, 0.15) is 27.8 Å². The number of hydrogen-bond donors (Lipinski definition) is 1. The second kappa shape index (κ2) is 8.19. The number of nitrogens with zero attached hydrogens (tertiary/aromatic N) is 1. The van der Waals surface area contributed by atoms with Crippen molar-refractivity contribution in [3.8, 4) is 0 Å². The number of hydrogen-bond acceptors (Lipinski definition) is 5. The zero-order chi connectivity index (χ0) is 19.6. The molecule has 5 nitrogen and oxygen atoms in total. The lowest BCUT2D eigenvalue weighted by atomic mass is 9.92. The maximum absolute atomic E-state index is 14.4. The highest BCUT2D eigenvalue weighted by Gasteiger charge is 2.47. The van der Waals surface area contributed by atoms with E-state index >= 15 is 0 Å². The van der Waals surface area contributed by atoms with Gasteiger partial charge in [-0.25, -0.2) is 4.39 Å². The number of methoxy groups -OCH3 is 1. The summed E-state index contributed by atoms with van der Waals surface area (Å²) in [5, 5.41) is 2.94. The topological polar surface area (TPSA) is 58.6 Å². The summed E-state index contributed by atoms with van der Waals surface area (Å²) in [6.45, 7) is 2.43. The Labute approximate surface area is 162 Å². The second-order valence-corrected chi connectivity index (χ2v) is 8.12. The van der Waals surface area contributed by atoms with Crippen molar-refractivity contribution < 1.29 is 18.7 Å². The first-order valence-electron chi connectivity index (χ1n) is 8.79. The molecule has 1 aliphatic heterocycles. The summed E-state index contributed by atoms with van der Waals surface area (Å²) in [6, 6.07) is 9.26. The number of aryl methyl sites for hydroxylation is 1. The van der Waals surface area contributed by atoms with Crippen LogP contribution in [0.4, 0.5) is 4.39 Å². The number of benzene rings is 1. The minimum absolute atomic E-state index is 0.187. The fourth-order valence-electron chi connectivity index (χ4n) is 3.70. The monoisotopic (exact) mass is 390 g/mol. The van der Waals surface area contributed by atoms with E-state index < -0.39 is 24.0 Å². The van der Waals surface area contributed by atoms with Gasteiger partial charge >= 0.3 is 5.97 Å². The molecule has 3 rings (SSSR count). The molecule has 1 aliphatic rings. The molecule has 1 aromatic carbocycles. The number of nitrogens with one attached hydrogen (secondary N) is 1. The lowest BCUT2D eigenvalue weighted by Gasteiger charge is -2.27. The summed E-state index contributed by atoms with van der Waals surface area (Å²) >= 11 is 1.62. The molecule has 0 saturated carbocycles. The van der Waals surface area contributed by atoms with Crippen molar-refractivity contribution in [2.75, 3.05) is 14.2 Å². The summed E-state index contributed by atoms with van der Waals surface area (Å²) in [6.07, 6.45) is 0.289. The number of rotatable bonds is 5. The molecule has 2 heterocycles. The average molecular weight is 390 g/mol. The molecule has 2 aromatic rings. The SMILES string of the molecule is COC(=O)[C@H]1C[C@@H](C(=O)NCc2ccc(C)s2)[C@@H](c2ccccc2F)N1C. The van der Waals surface area contributed by atoms with Crippen LogP contribution in [0.5, 0.6) is 0 Å². The van der Waals surface area contributed by atoms with Gasteiger partial charge in [-0.3, -0.25) is 14.5 Å². The second-order valence-electron chi connectivity index (χ2n) is 6.74. The maximum atomic E-state index is 14.4. The van der Waals surface area contributed by atoms with Crippen LogP contribution in [0.3, 0.4) is 0 Å². The Bertz CT molecular complexity index is 838. The number of amides is 1. The first-order valence-corrected chi connectivity index (χ1v) is 9.61. The summed E-state index contributed by atoms with van der Waals surface area (Å²) in [4.78, 5) is 29.0. The fourth-order valence-corrected chi connectivity index (χ4v) is 4.53. The van der Waals surface area contributed by atoms with Gasteiger partial charge in [0.25, 0.3) is 0 Å². The Morgan fingerprint density at radius 2 is 2.04 bits per heavy atom. The lowest BCUT2D eigenvalue weighted by Crippen LogP contribution is -2.36. The Morgan fingerprint density at radius 3 is 2.67 bits per heavy atom. The highest BCUT2D eigenvalue weighted by Crippen LogP contribution is 2.41. The zero-order valence-electron chi connectivity index (χ0n) is 15.6. The van der Waals surface area contributed by atoms with E-state index in [9.17, 15) is 14.0 Å². The molecule has 27 heavy (non-hydrogen) atoms. The normalized spacial score (nSPS) is 22.6. The van der Waals surface area contributed by atoms with Crippen LogP contribution in [-0.2, 0) is 20.9 Å². The van der Waals surface area contributed by atoms with Crippen molar-refractivity contribution in [2.24, 2.45) is 5.92 Å². The van der Waals surface area contributed by atoms with E-state index in [1.54, 1.807) is 41.5 Å². The molecule has 0 radical (unpaired) electrons. The molecule has 1 aromatic heterocycles. The third kappa shape index (κ3) is 4.04. The number of halogens is 1. The van der Waals surface area contributed by atoms with Gasteiger partial charge in [0.05, 0.1) is 19.6 Å². The number of likely N-dealkylation sites (N-methyl/N-ethyl adjacent to an activating group) is 1. The Hall–Kier alpha value is -2.25. The number of carbonyl (C=O) groups excluding carboxylic acids is 2. The quantitative estimate of drug-likeness (QED) is 0.798. The molecule has 1 amide bonds. The van der Waals surface area contributed by atoms with E-state index in [-0.39, 0.29) is 18.1 Å². The minimum atomic E-state index is -0.584. The first-order chi connectivity index (χ1) is 12.9. The standard InChI is InChI=1S/C20H23FN2O3S/c1-12-8-9-13(27-12)11-22-19(24)15-10-17(20(25)26-3)23(2)18(15)14-6-4-5-7-16(14)21/h4-9,15,17-18H,10-11H2,1-3H3,(H,22,24)/t15-,17-,18-/m1/s1. The molecule has 7 heteroatoms.